The predicted octanol–water partition coefficient (Wildman–Crippen LogP) is 3.63. The van der Waals surface area contributed by atoms with E-state index in [0.717, 1.165) is 19.5 Å². The standard InChI is InChI=1S/C16H23N3/c1-4-10-19-12-14(11-18-19)16-9-7-6-8-15(16)13(3)17-5-2/h6-9,11-13,17H,4-5,10H2,1-3H3. The molecule has 0 saturated heterocycles. The van der Waals surface area contributed by atoms with Gasteiger partial charge in [-0.2, -0.15) is 5.10 Å². The highest BCUT2D eigenvalue weighted by Gasteiger charge is 2.11. The smallest absolute Gasteiger partial charge is 0.0568 e. The predicted molar refractivity (Wildman–Crippen MR) is 80.0 cm³/mol. The van der Waals surface area contributed by atoms with Crippen molar-refractivity contribution in [1.82, 2.24) is 15.1 Å². The van der Waals surface area contributed by atoms with Gasteiger partial charge in [-0.15, -0.1) is 0 Å². The molecule has 0 aliphatic carbocycles. The van der Waals surface area contributed by atoms with Crippen LogP contribution in [0.3, 0.4) is 0 Å². The zero-order valence-electron chi connectivity index (χ0n) is 12.1. The Morgan fingerprint density at radius 1 is 1.26 bits per heavy atom. The van der Waals surface area contributed by atoms with E-state index in [0.29, 0.717) is 6.04 Å². The van der Waals surface area contributed by atoms with E-state index in [1.807, 2.05) is 10.9 Å². The number of nitrogens with zero attached hydrogens (tertiary/aromatic N) is 2. The summed E-state index contributed by atoms with van der Waals surface area (Å²) in [6, 6.07) is 8.92. The van der Waals surface area contributed by atoms with Gasteiger partial charge in [0.05, 0.1) is 6.20 Å². The summed E-state index contributed by atoms with van der Waals surface area (Å²) in [6.45, 7) is 8.47. The van der Waals surface area contributed by atoms with Gasteiger partial charge in [0, 0.05) is 24.3 Å². The monoisotopic (exact) mass is 257 g/mol. The molecule has 3 heteroatoms. The van der Waals surface area contributed by atoms with Crippen LogP contribution in [-0.2, 0) is 6.54 Å². The van der Waals surface area contributed by atoms with Crippen molar-refractivity contribution in [2.75, 3.05) is 6.54 Å². The fourth-order valence-corrected chi connectivity index (χ4v) is 2.41. The van der Waals surface area contributed by atoms with Gasteiger partial charge in [-0.3, -0.25) is 4.68 Å². The molecule has 0 saturated carbocycles. The summed E-state index contributed by atoms with van der Waals surface area (Å²) in [5.41, 5.74) is 3.81. The molecule has 3 nitrogen and oxygen atoms in total. The van der Waals surface area contributed by atoms with E-state index < -0.39 is 0 Å². The maximum atomic E-state index is 4.42. The molecule has 0 aliphatic heterocycles. The Kier molecular flexibility index (Phi) is 4.74. The van der Waals surface area contributed by atoms with Crippen molar-refractivity contribution in [2.45, 2.75) is 39.8 Å². The Labute approximate surface area is 115 Å². The normalized spacial score (nSPS) is 12.6. The van der Waals surface area contributed by atoms with E-state index in [1.54, 1.807) is 0 Å². The molecular weight excluding hydrogens is 234 g/mol. The zero-order valence-corrected chi connectivity index (χ0v) is 12.1. The third kappa shape index (κ3) is 3.24. The topological polar surface area (TPSA) is 29.9 Å². The highest BCUT2D eigenvalue weighted by Crippen LogP contribution is 2.27. The van der Waals surface area contributed by atoms with Gasteiger partial charge < -0.3 is 5.32 Å². The maximum absolute atomic E-state index is 4.42. The molecule has 0 spiro atoms. The molecule has 19 heavy (non-hydrogen) atoms. The summed E-state index contributed by atoms with van der Waals surface area (Å²) >= 11 is 0. The fourth-order valence-electron chi connectivity index (χ4n) is 2.41. The molecule has 1 unspecified atom stereocenters. The average Bonchev–Trinajstić information content (AvgIpc) is 2.88. The quantitative estimate of drug-likeness (QED) is 0.856. The summed E-state index contributed by atoms with van der Waals surface area (Å²) in [5, 5.41) is 7.90. The number of aromatic nitrogens is 2. The second-order valence-corrected chi connectivity index (χ2v) is 4.86. The molecule has 1 aromatic heterocycles. The van der Waals surface area contributed by atoms with Gasteiger partial charge >= 0.3 is 0 Å². The maximum Gasteiger partial charge on any atom is 0.0568 e. The van der Waals surface area contributed by atoms with Crippen LogP contribution in [0.25, 0.3) is 11.1 Å². The fraction of sp³-hybridized carbons (Fsp3) is 0.438. The first-order valence-corrected chi connectivity index (χ1v) is 7.11. The van der Waals surface area contributed by atoms with Crippen molar-refractivity contribution in [3.05, 3.63) is 42.2 Å². The molecule has 1 atom stereocenters. The minimum Gasteiger partial charge on any atom is -0.310 e. The lowest BCUT2D eigenvalue weighted by Crippen LogP contribution is -2.18. The van der Waals surface area contributed by atoms with E-state index >= 15 is 0 Å². The first-order valence-electron chi connectivity index (χ1n) is 7.11. The number of benzene rings is 1. The van der Waals surface area contributed by atoms with Crippen LogP contribution < -0.4 is 5.32 Å². The SMILES string of the molecule is CCCn1cc(-c2ccccc2C(C)NCC)cn1. The Morgan fingerprint density at radius 2 is 2.05 bits per heavy atom. The van der Waals surface area contributed by atoms with Crippen molar-refractivity contribution < 1.29 is 0 Å². The first kappa shape index (κ1) is 13.8. The molecule has 1 N–H and O–H groups in total. The van der Waals surface area contributed by atoms with Crippen LogP contribution in [0.4, 0.5) is 0 Å². The Balaban J connectivity index is 2.32. The van der Waals surface area contributed by atoms with Gasteiger partial charge in [0.2, 0.25) is 0 Å². The largest absolute Gasteiger partial charge is 0.310 e. The Morgan fingerprint density at radius 3 is 2.79 bits per heavy atom. The second-order valence-electron chi connectivity index (χ2n) is 4.86. The van der Waals surface area contributed by atoms with Crippen LogP contribution >= 0.6 is 0 Å². The minimum atomic E-state index is 0.357. The molecule has 1 aromatic carbocycles. The summed E-state index contributed by atoms with van der Waals surface area (Å²) in [6.07, 6.45) is 5.21. The number of nitrogens with one attached hydrogen (secondary N) is 1. The summed E-state index contributed by atoms with van der Waals surface area (Å²) in [7, 11) is 0. The third-order valence-corrected chi connectivity index (χ3v) is 3.33. The lowest BCUT2D eigenvalue weighted by molar-refractivity contribution is 0.599. The zero-order chi connectivity index (χ0) is 13.7. The van der Waals surface area contributed by atoms with Crippen molar-refractivity contribution in [3.63, 3.8) is 0 Å². The van der Waals surface area contributed by atoms with Gasteiger partial charge in [-0.05, 0) is 31.0 Å². The van der Waals surface area contributed by atoms with Gasteiger partial charge in [0.15, 0.2) is 0 Å². The highest BCUT2D eigenvalue weighted by atomic mass is 15.3. The van der Waals surface area contributed by atoms with Gasteiger partial charge in [0.1, 0.15) is 0 Å². The number of hydrogen-bond acceptors (Lipinski definition) is 2. The molecule has 2 aromatic rings. The lowest BCUT2D eigenvalue weighted by atomic mass is 9.97. The van der Waals surface area contributed by atoms with E-state index in [2.05, 4.69) is 61.6 Å². The van der Waals surface area contributed by atoms with Crippen LogP contribution in [-0.4, -0.2) is 16.3 Å². The number of hydrogen-bond donors (Lipinski definition) is 1. The van der Waals surface area contributed by atoms with Crippen LogP contribution in [0.2, 0.25) is 0 Å². The molecule has 0 amide bonds. The minimum absolute atomic E-state index is 0.357. The van der Waals surface area contributed by atoms with E-state index in [1.165, 1.54) is 16.7 Å². The van der Waals surface area contributed by atoms with Gasteiger partial charge in [-0.1, -0.05) is 38.1 Å². The molecule has 0 aliphatic rings. The van der Waals surface area contributed by atoms with Crippen molar-refractivity contribution in [3.8, 4) is 11.1 Å². The Bertz CT molecular complexity index is 516. The van der Waals surface area contributed by atoms with Crippen LogP contribution in [0.15, 0.2) is 36.7 Å². The first-order chi connectivity index (χ1) is 9.26. The van der Waals surface area contributed by atoms with Crippen molar-refractivity contribution in [2.24, 2.45) is 0 Å². The van der Waals surface area contributed by atoms with E-state index in [4.69, 9.17) is 0 Å². The summed E-state index contributed by atoms with van der Waals surface area (Å²) < 4.78 is 2.02. The number of aryl methyl sites for hydroxylation is 1. The summed E-state index contributed by atoms with van der Waals surface area (Å²) in [5.74, 6) is 0. The molecule has 0 fully saturated rings. The lowest BCUT2D eigenvalue weighted by Gasteiger charge is -2.16. The van der Waals surface area contributed by atoms with Gasteiger partial charge in [-0.25, -0.2) is 0 Å². The highest BCUT2D eigenvalue weighted by molar-refractivity contribution is 5.66. The summed E-state index contributed by atoms with van der Waals surface area (Å²) in [4.78, 5) is 0. The molecular formula is C16H23N3. The van der Waals surface area contributed by atoms with Crippen LogP contribution in [0.1, 0.15) is 38.8 Å². The van der Waals surface area contributed by atoms with Crippen molar-refractivity contribution in [1.29, 1.82) is 0 Å². The molecule has 0 radical (unpaired) electrons. The second kappa shape index (κ2) is 6.53. The van der Waals surface area contributed by atoms with Crippen LogP contribution in [0.5, 0.6) is 0 Å². The van der Waals surface area contributed by atoms with Crippen molar-refractivity contribution >= 4 is 0 Å². The molecule has 0 bridgehead atoms. The van der Waals surface area contributed by atoms with E-state index in [-0.39, 0.29) is 0 Å². The van der Waals surface area contributed by atoms with Gasteiger partial charge in [0.25, 0.3) is 0 Å². The molecule has 102 valence electrons. The molecule has 1 heterocycles. The Hall–Kier alpha value is -1.61. The van der Waals surface area contributed by atoms with E-state index in [9.17, 15) is 0 Å². The average molecular weight is 257 g/mol. The third-order valence-electron chi connectivity index (χ3n) is 3.33. The molecule has 2 rings (SSSR count). The number of rotatable bonds is 6. The van der Waals surface area contributed by atoms with Crippen LogP contribution in [0, 0.1) is 0 Å².